The van der Waals surface area contributed by atoms with Crippen LogP contribution < -0.4 is 4.90 Å². The van der Waals surface area contributed by atoms with Gasteiger partial charge >= 0.3 is 0 Å². The number of anilines is 1. The molecule has 1 atom stereocenters. The van der Waals surface area contributed by atoms with E-state index in [1.807, 2.05) is 30.3 Å². The molecule has 2 aromatic heterocycles. The second kappa shape index (κ2) is 7.35. The highest BCUT2D eigenvalue weighted by molar-refractivity contribution is 5.90. The zero-order chi connectivity index (χ0) is 17.9. The lowest BCUT2D eigenvalue weighted by atomic mass is 10.2. The summed E-state index contributed by atoms with van der Waals surface area (Å²) in [6, 6.07) is 12.0. The van der Waals surface area contributed by atoms with Crippen LogP contribution in [0.4, 0.5) is 5.82 Å². The Morgan fingerprint density at radius 1 is 1.19 bits per heavy atom. The third-order valence-electron chi connectivity index (χ3n) is 4.68. The van der Waals surface area contributed by atoms with Crippen LogP contribution in [0.1, 0.15) is 0 Å². The maximum Gasteiger partial charge on any atom is 0.163 e. The number of likely N-dealkylation sites (N-methyl/N-ethyl adjacent to an activating group) is 2. The minimum Gasteiger partial charge on any atom is -0.374 e. The predicted molar refractivity (Wildman–Crippen MR) is 103 cm³/mol. The molecule has 0 N–H and O–H groups in total. The first-order valence-corrected chi connectivity index (χ1v) is 8.89. The second-order valence-electron chi connectivity index (χ2n) is 6.77. The topological polar surface area (TPSA) is 54.4 Å². The van der Waals surface area contributed by atoms with Crippen molar-refractivity contribution in [1.82, 2.24) is 19.9 Å². The molecule has 1 fully saturated rings. The van der Waals surface area contributed by atoms with Gasteiger partial charge in [-0.05, 0) is 31.3 Å². The maximum atomic E-state index is 5.93. The Morgan fingerprint density at radius 3 is 2.88 bits per heavy atom. The molecular formula is C20H23N5O. The number of para-hydroxylation sites is 1. The van der Waals surface area contributed by atoms with E-state index in [9.17, 15) is 0 Å². The van der Waals surface area contributed by atoms with Crippen molar-refractivity contribution in [2.45, 2.75) is 6.10 Å². The first-order chi connectivity index (χ1) is 12.7. The SMILES string of the molecule is CN1CCOC(CN(C)c2nc(-c3cccnc3)nc3ccccc23)C1. The van der Waals surface area contributed by atoms with Crippen molar-refractivity contribution in [3.05, 3.63) is 48.8 Å². The zero-order valence-electron chi connectivity index (χ0n) is 15.2. The van der Waals surface area contributed by atoms with Crippen LogP contribution in [0.5, 0.6) is 0 Å². The first-order valence-electron chi connectivity index (χ1n) is 8.89. The molecular weight excluding hydrogens is 326 g/mol. The van der Waals surface area contributed by atoms with Crippen molar-refractivity contribution in [3.8, 4) is 11.4 Å². The number of hydrogen-bond donors (Lipinski definition) is 0. The van der Waals surface area contributed by atoms with E-state index in [2.05, 4.69) is 34.9 Å². The van der Waals surface area contributed by atoms with Crippen molar-refractivity contribution in [2.75, 3.05) is 45.2 Å². The number of benzene rings is 1. The van der Waals surface area contributed by atoms with Gasteiger partial charge in [-0.25, -0.2) is 9.97 Å². The van der Waals surface area contributed by atoms with Crippen LogP contribution in [-0.4, -0.2) is 66.3 Å². The summed E-state index contributed by atoms with van der Waals surface area (Å²) in [5.41, 5.74) is 1.85. The van der Waals surface area contributed by atoms with E-state index in [4.69, 9.17) is 14.7 Å². The monoisotopic (exact) mass is 349 g/mol. The lowest BCUT2D eigenvalue weighted by Crippen LogP contribution is -2.45. The molecule has 0 saturated carbocycles. The largest absolute Gasteiger partial charge is 0.374 e. The number of morpholine rings is 1. The van der Waals surface area contributed by atoms with Crippen molar-refractivity contribution in [1.29, 1.82) is 0 Å². The molecule has 0 radical (unpaired) electrons. The number of pyridine rings is 1. The third-order valence-corrected chi connectivity index (χ3v) is 4.68. The van der Waals surface area contributed by atoms with Crippen molar-refractivity contribution in [3.63, 3.8) is 0 Å². The normalized spacial score (nSPS) is 18.2. The summed E-state index contributed by atoms with van der Waals surface area (Å²) in [7, 11) is 4.20. The Balaban J connectivity index is 1.70. The molecule has 1 saturated heterocycles. The minimum absolute atomic E-state index is 0.175. The van der Waals surface area contributed by atoms with Crippen LogP contribution in [0.25, 0.3) is 22.3 Å². The highest BCUT2D eigenvalue weighted by Crippen LogP contribution is 2.27. The number of fused-ring (bicyclic) bond motifs is 1. The average Bonchev–Trinajstić information content (AvgIpc) is 2.68. The molecule has 0 amide bonds. The quantitative estimate of drug-likeness (QED) is 0.721. The molecule has 0 aliphatic carbocycles. The van der Waals surface area contributed by atoms with Gasteiger partial charge in [0.25, 0.3) is 0 Å². The van der Waals surface area contributed by atoms with Gasteiger partial charge in [0.2, 0.25) is 0 Å². The maximum absolute atomic E-state index is 5.93. The molecule has 6 nitrogen and oxygen atoms in total. The van der Waals surface area contributed by atoms with Crippen LogP contribution in [0.15, 0.2) is 48.8 Å². The summed E-state index contributed by atoms with van der Waals surface area (Å²) in [5.74, 6) is 1.62. The van der Waals surface area contributed by atoms with Crippen LogP contribution >= 0.6 is 0 Å². The van der Waals surface area contributed by atoms with Gasteiger partial charge in [-0.1, -0.05) is 12.1 Å². The van der Waals surface area contributed by atoms with E-state index in [0.717, 1.165) is 48.5 Å². The zero-order valence-corrected chi connectivity index (χ0v) is 15.2. The highest BCUT2D eigenvalue weighted by Gasteiger charge is 2.21. The lowest BCUT2D eigenvalue weighted by molar-refractivity contribution is -0.0143. The molecule has 1 aliphatic rings. The number of aromatic nitrogens is 3. The summed E-state index contributed by atoms with van der Waals surface area (Å²) in [6.07, 6.45) is 3.73. The van der Waals surface area contributed by atoms with Gasteiger partial charge in [-0.2, -0.15) is 0 Å². The first kappa shape index (κ1) is 16.9. The summed E-state index contributed by atoms with van der Waals surface area (Å²) in [4.78, 5) is 18.3. The Bertz CT molecular complexity index is 886. The van der Waals surface area contributed by atoms with E-state index in [1.165, 1.54) is 0 Å². The molecule has 1 unspecified atom stereocenters. The third kappa shape index (κ3) is 3.52. The second-order valence-corrected chi connectivity index (χ2v) is 6.77. The number of nitrogens with zero attached hydrogens (tertiary/aromatic N) is 5. The summed E-state index contributed by atoms with van der Waals surface area (Å²) < 4.78 is 5.93. The summed E-state index contributed by atoms with van der Waals surface area (Å²) in [6.45, 7) is 3.49. The van der Waals surface area contributed by atoms with E-state index >= 15 is 0 Å². The van der Waals surface area contributed by atoms with Gasteiger partial charge in [0, 0.05) is 50.0 Å². The van der Waals surface area contributed by atoms with Crippen molar-refractivity contribution < 1.29 is 4.74 Å². The Kier molecular flexibility index (Phi) is 4.77. The van der Waals surface area contributed by atoms with E-state index in [0.29, 0.717) is 5.82 Å². The number of hydrogen-bond acceptors (Lipinski definition) is 6. The van der Waals surface area contributed by atoms with Gasteiger partial charge in [0.05, 0.1) is 18.2 Å². The molecule has 3 aromatic rings. The lowest BCUT2D eigenvalue weighted by Gasteiger charge is -2.33. The molecule has 3 heterocycles. The average molecular weight is 349 g/mol. The highest BCUT2D eigenvalue weighted by atomic mass is 16.5. The summed E-state index contributed by atoms with van der Waals surface area (Å²) >= 11 is 0. The molecule has 0 bridgehead atoms. The molecule has 26 heavy (non-hydrogen) atoms. The molecule has 6 heteroatoms. The molecule has 0 spiro atoms. The summed E-state index contributed by atoms with van der Waals surface area (Å²) in [5, 5.41) is 1.05. The fraction of sp³-hybridized carbons (Fsp3) is 0.350. The van der Waals surface area contributed by atoms with Gasteiger partial charge < -0.3 is 14.5 Å². The molecule has 134 valence electrons. The van der Waals surface area contributed by atoms with Crippen LogP contribution in [-0.2, 0) is 4.74 Å². The van der Waals surface area contributed by atoms with Crippen molar-refractivity contribution >= 4 is 16.7 Å². The fourth-order valence-corrected chi connectivity index (χ4v) is 3.34. The van der Waals surface area contributed by atoms with E-state index < -0.39 is 0 Å². The Morgan fingerprint density at radius 2 is 2.08 bits per heavy atom. The van der Waals surface area contributed by atoms with Crippen LogP contribution in [0, 0.1) is 0 Å². The van der Waals surface area contributed by atoms with Gasteiger partial charge in [0.15, 0.2) is 5.82 Å². The molecule has 4 rings (SSSR count). The Labute approximate surface area is 153 Å². The smallest absolute Gasteiger partial charge is 0.163 e. The minimum atomic E-state index is 0.175. The molecule has 1 aromatic carbocycles. The number of rotatable bonds is 4. The Hall–Kier alpha value is -2.57. The fourth-order valence-electron chi connectivity index (χ4n) is 3.34. The van der Waals surface area contributed by atoms with Gasteiger partial charge in [-0.15, -0.1) is 0 Å². The van der Waals surface area contributed by atoms with Gasteiger partial charge in [0.1, 0.15) is 5.82 Å². The standard InChI is InChI=1S/C20H23N5O/c1-24-10-11-26-16(13-24)14-25(2)20-17-7-3-4-8-18(17)22-19(23-20)15-6-5-9-21-12-15/h3-9,12,16H,10-11,13-14H2,1-2H3. The predicted octanol–water partition coefficient (Wildman–Crippen LogP) is 2.46. The van der Waals surface area contributed by atoms with E-state index in [-0.39, 0.29) is 6.10 Å². The number of ether oxygens (including phenoxy) is 1. The van der Waals surface area contributed by atoms with Crippen LogP contribution in [0.3, 0.4) is 0 Å². The van der Waals surface area contributed by atoms with Crippen molar-refractivity contribution in [2.24, 2.45) is 0 Å². The van der Waals surface area contributed by atoms with E-state index in [1.54, 1.807) is 12.4 Å². The van der Waals surface area contributed by atoms with Crippen LogP contribution in [0.2, 0.25) is 0 Å². The molecule has 1 aliphatic heterocycles. The van der Waals surface area contributed by atoms with Gasteiger partial charge in [-0.3, -0.25) is 4.98 Å².